The fraction of sp³-hybridized carbons (Fsp3) is 0.409. The second-order valence-corrected chi connectivity index (χ2v) is 7.29. The third kappa shape index (κ3) is 4.79. The topological polar surface area (TPSA) is 35.6 Å². The van der Waals surface area contributed by atoms with E-state index in [0.717, 1.165) is 24.5 Å². The molecule has 0 atom stereocenters. The van der Waals surface area contributed by atoms with Crippen LogP contribution in [0.1, 0.15) is 23.1 Å². The highest BCUT2D eigenvalue weighted by atomic mass is 19.1. The third-order valence-electron chi connectivity index (χ3n) is 5.14. The summed E-state index contributed by atoms with van der Waals surface area (Å²) < 4.78 is 13.1. The van der Waals surface area contributed by atoms with Crippen LogP contribution < -0.4 is 10.2 Å². The summed E-state index contributed by atoms with van der Waals surface area (Å²) in [5.41, 5.74) is 5.83. The van der Waals surface area contributed by atoms with Gasteiger partial charge in [-0.3, -0.25) is 4.79 Å². The fourth-order valence-electron chi connectivity index (χ4n) is 3.78. The molecule has 1 N–H and O–H groups in total. The van der Waals surface area contributed by atoms with E-state index in [1.54, 1.807) is 12.1 Å². The van der Waals surface area contributed by atoms with Gasteiger partial charge in [0.15, 0.2) is 0 Å². The predicted molar refractivity (Wildman–Crippen MR) is 109 cm³/mol. The molecule has 1 heterocycles. The van der Waals surface area contributed by atoms with Gasteiger partial charge in [-0.25, -0.2) is 4.39 Å². The molecule has 2 aromatic rings. The van der Waals surface area contributed by atoms with Crippen LogP contribution in [0.3, 0.4) is 0 Å². The van der Waals surface area contributed by atoms with Gasteiger partial charge in [-0.15, -0.1) is 0 Å². The molecule has 0 saturated carbocycles. The monoisotopic (exact) mass is 369 g/mol. The Morgan fingerprint density at radius 2 is 1.59 bits per heavy atom. The molecule has 2 aromatic carbocycles. The van der Waals surface area contributed by atoms with Gasteiger partial charge in [0.05, 0.1) is 0 Å². The van der Waals surface area contributed by atoms with Crippen molar-refractivity contribution in [1.82, 2.24) is 4.90 Å². The second kappa shape index (κ2) is 8.42. The fourth-order valence-corrected chi connectivity index (χ4v) is 3.78. The van der Waals surface area contributed by atoms with Crippen molar-refractivity contribution in [3.05, 3.63) is 58.9 Å². The van der Waals surface area contributed by atoms with Crippen LogP contribution in [0.2, 0.25) is 0 Å². The number of nitrogens with one attached hydrogen (secondary N) is 1. The Kier molecular flexibility index (Phi) is 5.99. The van der Waals surface area contributed by atoms with Crippen molar-refractivity contribution in [3.63, 3.8) is 0 Å². The first-order chi connectivity index (χ1) is 12.9. The second-order valence-electron chi connectivity index (χ2n) is 7.29. The normalized spacial score (nSPS) is 14.4. The molecular formula is C22H28FN3O. The van der Waals surface area contributed by atoms with E-state index < -0.39 is 0 Å². The molecule has 0 radical (unpaired) electrons. The van der Waals surface area contributed by atoms with E-state index in [1.165, 1.54) is 28.8 Å². The first-order valence-electron chi connectivity index (χ1n) is 9.54. The molecule has 0 aliphatic carbocycles. The molecule has 0 aromatic heterocycles. The summed E-state index contributed by atoms with van der Waals surface area (Å²) in [6, 6.07) is 10.9. The Morgan fingerprint density at radius 3 is 2.19 bits per heavy atom. The zero-order valence-corrected chi connectivity index (χ0v) is 16.4. The number of rotatable bonds is 5. The van der Waals surface area contributed by atoms with Crippen LogP contribution >= 0.6 is 0 Å². The standard InChI is InChI=1S/C22H28FN3O/c1-16-14-17(2)22(18(3)15-16)24-9-8-21(27)26-12-10-25(11-13-26)20-6-4-19(23)5-7-20/h4-7,14-15,24H,8-13H2,1-3H3. The Hall–Kier alpha value is -2.56. The van der Waals surface area contributed by atoms with Crippen molar-refractivity contribution in [3.8, 4) is 0 Å². The van der Waals surface area contributed by atoms with E-state index in [4.69, 9.17) is 0 Å². The number of piperazine rings is 1. The molecule has 1 amide bonds. The van der Waals surface area contributed by atoms with Crippen LogP contribution in [0.4, 0.5) is 15.8 Å². The lowest BCUT2D eigenvalue weighted by Gasteiger charge is -2.36. The molecule has 0 bridgehead atoms. The van der Waals surface area contributed by atoms with E-state index >= 15 is 0 Å². The van der Waals surface area contributed by atoms with Gasteiger partial charge >= 0.3 is 0 Å². The number of hydrogen-bond acceptors (Lipinski definition) is 3. The van der Waals surface area contributed by atoms with Crippen LogP contribution in [0.15, 0.2) is 36.4 Å². The quantitative estimate of drug-likeness (QED) is 0.868. The minimum absolute atomic E-state index is 0.184. The first kappa shape index (κ1) is 19.2. The Balaban J connectivity index is 1.47. The van der Waals surface area contributed by atoms with Gasteiger partial charge in [0.25, 0.3) is 0 Å². The molecule has 1 saturated heterocycles. The summed E-state index contributed by atoms with van der Waals surface area (Å²) in [6.07, 6.45) is 0.489. The molecule has 1 aliphatic heterocycles. The van der Waals surface area contributed by atoms with Gasteiger partial charge in [-0.05, 0) is 56.2 Å². The summed E-state index contributed by atoms with van der Waals surface area (Å²) in [6.45, 7) is 9.90. The zero-order valence-electron chi connectivity index (χ0n) is 16.4. The smallest absolute Gasteiger partial charge is 0.224 e. The van der Waals surface area contributed by atoms with Crippen molar-refractivity contribution in [2.45, 2.75) is 27.2 Å². The summed E-state index contributed by atoms with van der Waals surface area (Å²) in [4.78, 5) is 16.6. The van der Waals surface area contributed by atoms with E-state index in [-0.39, 0.29) is 11.7 Å². The molecule has 3 rings (SSSR count). The third-order valence-corrected chi connectivity index (χ3v) is 5.14. The van der Waals surface area contributed by atoms with Gasteiger partial charge in [0, 0.05) is 50.5 Å². The van der Waals surface area contributed by atoms with E-state index in [1.807, 2.05) is 4.90 Å². The number of amides is 1. The summed E-state index contributed by atoms with van der Waals surface area (Å²) in [5.74, 6) is -0.0391. The lowest BCUT2D eigenvalue weighted by molar-refractivity contribution is -0.131. The number of benzene rings is 2. The van der Waals surface area contributed by atoms with E-state index in [2.05, 4.69) is 43.1 Å². The molecular weight excluding hydrogens is 341 g/mol. The average Bonchev–Trinajstić information content (AvgIpc) is 2.64. The van der Waals surface area contributed by atoms with Gasteiger partial charge in [-0.2, -0.15) is 0 Å². The molecule has 4 nitrogen and oxygen atoms in total. The average molecular weight is 369 g/mol. The number of halogens is 1. The minimum atomic E-state index is -0.223. The SMILES string of the molecule is Cc1cc(C)c(NCCC(=O)N2CCN(c3ccc(F)cc3)CC2)c(C)c1. The molecule has 0 unspecified atom stereocenters. The number of carbonyl (C=O) groups is 1. The van der Waals surface area contributed by atoms with E-state index in [0.29, 0.717) is 26.1 Å². The van der Waals surface area contributed by atoms with Crippen molar-refractivity contribution in [2.24, 2.45) is 0 Å². The first-order valence-corrected chi connectivity index (χ1v) is 9.54. The lowest BCUT2D eigenvalue weighted by Crippen LogP contribution is -2.49. The van der Waals surface area contributed by atoms with Crippen LogP contribution in [0.5, 0.6) is 0 Å². The van der Waals surface area contributed by atoms with Crippen LogP contribution in [0, 0.1) is 26.6 Å². The molecule has 5 heteroatoms. The summed E-state index contributed by atoms with van der Waals surface area (Å²) >= 11 is 0. The van der Waals surface area contributed by atoms with E-state index in [9.17, 15) is 9.18 Å². The molecule has 144 valence electrons. The molecule has 27 heavy (non-hydrogen) atoms. The molecule has 0 spiro atoms. The summed E-state index contributed by atoms with van der Waals surface area (Å²) in [5, 5.41) is 3.42. The molecule has 1 fully saturated rings. The van der Waals surface area contributed by atoms with Crippen molar-refractivity contribution in [1.29, 1.82) is 0 Å². The number of anilines is 2. The lowest BCUT2D eigenvalue weighted by atomic mass is 10.1. The molecule has 1 aliphatic rings. The van der Waals surface area contributed by atoms with Crippen molar-refractivity contribution < 1.29 is 9.18 Å². The van der Waals surface area contributed by atoms with Gasteiger partial charge in [-0.1, -0.05) is 17.7 Å². The van der Waals surface area contributed by atoms with Crippen molar-refractivity contribution >= 4 is 17.3 Å². The zero-order chi connectivity index (χ0) is 19.4. The number of carbonyl (C=O) groups excluding carboxylic acids is 1. The maximum absolute atomic E-state index is 13.1. The number of nitrogens with zero attached hydrogens (tertiary/aromatic N) is 2. The van der Waals surface area contributed by atoms with Crippen LogP contribution in [0.25, 0.3) is 0 Å². The van der Waals surface area contributed by atoms with Crippen molar-refractivity contribution in [2.75, 3.05) is 42.9 Å². The minimum Gasteiger partial charge on any atom is -0.384 e. The maximum Gasteiger partial charge on any atom is 0.224 e. The highest BCUT2D eigenvalue weighted by Crippen LogP contribution is 2.22. The Morgan fingerprint density at radius 1 is 1.00 bits per heavy atom. The predicted octanol–water partition coefficient (Wildman–Crippen LogP) is 3.90. The highest BCUT2D eigenvalue weighted by Gasteiger charge is 2.21. The largest absolute Gasteiger partial charge is 0.384 e. The Bertz CT molecular complexity index is 773. The summed E-state index contributed by atoms with van der Waals surface area (Å²) in [7, 11) is 0. The van der Waals surface area contributed by atoms with Gasteiger partial charge < -0.3 is 15.1 Å². The number of aryl methyl sites for hydroxylation is 3. The maximum atomic E-state index is 13.1. The van der Waals surface area contributed by atoms with Gasteiger partial charge in [0.2, 0.25) is 5.91 Å². The highest BCUT2D eigenvalue weighted by molar-refractivity contribution is 5.77. The van der Waals surface area contributed by atoms with Crippen LogP contribution in [-0.2, 0) is 4.79 Å². The Labute approximate surface area is 161 Å². The van der Waals surface area contributed by atoms with Gasteiger partial charge in [0.1, 0.15) is 5.82 Å². The van der Waals surface area contributed by atoms with Crippen LogP contribution in [-0.4, -0.2) is 43.5 Å². The number of hydrogen-bond donors (Lipinski definition) is 1.